The topological polar surface area (TPSA) is 79.8 Å². The summed E-state index contributed by atoms with van der Waals surface area (Å²) in [5.74, 6) is 0.835. The van der Waals surface area contributed by atoms with Crippen LogP contribution < -0.4 is 15.4 Å². The molecule has 0 aliphatic rings. The second-order valence-corrected chi connectivity index (χ2v) is 7.42. The summed E-state index contributed by atoms with van der Waals surface area (Å²) in [6.07, 6.45) is 0.989. The first kappa shape index (κ1) is 19.2. The molecule has 23 heavy (non-hydrogen) atoms. The number of sulfone groups is 1. The van der Waals surface area contributed by atoms with Crippen molar-refractivity contribution < 1.29 is 17.5 Å². The molecule has 0 fully saturated rings. The van der Waals surface area contributed by atoms with Gasteiger partial charge in [0.25, 0.3) is 0 Å². The average Bonchev–Trinajstić information content (AvgIpc) is 2.46. The van der Waals surface area contributed by atoms with E-state index in [4.69, 9.17) is 4.74 Å². The molecule has 0 aromatic heterocycles. The van der Waals surface area contributed by atoms with Gasteiger partial charge in [-0.25, -0.2) is 17.8 Å². The van der Waals surface area contributed by atoms with Gasteiger partial charge in [0.2, 0.25) is 0 Å². The molecule has 0 saturated heterocycles. The maximum atomic E-state index is 12.8. The first-order valence-electron chi connectivity index (χ1n) is 7.42. The maximum absolute atomic E-state index is 12.8. The Kier molecular flexibility index (Phi) is 7.80. The Morgan fingerprint density at radius 3 is 2.52 bits per heavy atom. The highest BCUT2D eigenvalue weighted by atomic mass is 32.2. The van der Waals surface area contributed by atoms with E-state index in [1.165, 1.54) is 18.4 Å². The van der Waals surface area contributed by atoms with E-state index in [1.54, 1.807) is 12.1 Å². The monoisotopic (exact) mass is 345 g/mol. The number of ether oxygens (including phenoxy) is 1. The van der Waals surface area contributed by atoms with E-state index in [1.807, 2.05) is 13.8 Å². The lowest BCUT2D eigenvalue weighted by molar-refractivity contribution is 0.230. The van der Waals surface area contributed by atoms with Crippen molar-refractivity contribution in [3.63, 3.8) is 0 Å². The third kappa shape index (κ3) is 9.02. The number of guanidine groups is 1. The standard InChI is InChI=1S/C15H24FN3O3S/c1-4-17-15(18-9-10-23(3,20)21)19-11-12(2)22-14-7-5-13(16)6-8-14/h5-8,12H,4,9-11H2,1-3H3,(H2,17,18,19). The minimum absolute atomic E-state index is 0.0407. The van der Waals surface area contributed by atoms with Gasteiger partial charge in [-0.15, -0.1) is 0 Å². The number of benzene rings is 1. The van der Waals surface area contributed by atoms with E-state index in [9.17, 15) is 12.8 Å². The van der Waals surface area contributed by atoms with E-state index in [0.29, 0.717) is 24.8 Å². The summed E-state index contributed by atoms with van der Waals surface area (Å²) < 4.78 is 40.7. The molecule has 0 aliphatic carbocycles. The molecule has 0 bridgehead atoms. The normalized spacial score (nSPS) is 13.5. The molecule has 0 heterocycles. The van der Waals surface area contributed by atoms with Crippen LogP contribution in [0.3, 0.4) is 0 Å². The molecule has 0 saturated carbocycles. The Morgan fingerprint density at radius 2 is 1.96 bits per heavy atom. The number of hydrogen-bond donors (Lipinski definition) is 2. The highest BCUT2D eigenvalue weighted by Gasteiger charge is 2.06. The van der Waals surface area contributed by atoms with Crippen molar-refractivity contribution in [3.05, 3.63) is 30.1 Å². The van der Waals surface area contributed by atoms with Crippen molar-refractivity contribution in [2.45, 2.75) is 20.0 Å². The maximum Gasteiger partial charge on any atom is 0.191 e. The van der Waals surface area contributed by atoms with Crippen LogP contribution in [0.25, 0.3) is 0 Å². The van der Waals surface area contributed by atoms with E-state index in [2.05, 4.69) is 15.6 Å². The molecular formula is C15H24FN3O3S. The van der Waals surface area contributed by atoms with E-state index < -0.39 is 9.84 Å². The first-order chi connectivity index (χ1) is 10.8. The van der Waals surface area contributed by atoms with Crippen LogP contribution in [0.5, 0.6) is 5.75 Å². The van der Waals surface area contributed by atoms with Crippen molar-refractivity contribution in [2.24, 2.45) is 4.99 Å². The van der Waals surface area contributed by atoms with Crippen molar-refractivity contribution in [2.75, 3.05) is 31.6 Å². The highest BCUT2D eigenvalue weighted by Crippen LogP contribution is 2.12. The lowest BCUT2D eigenvalue weighted by Crippen LogP contribution is -2.40. The number of nitrogens with zero attached hydrogens (tertiary/aromatic N) is 1. The molecule has 1 atom stereocenters. The molecular weight excluding hydrogens is 321 g/mol. The molecule has 1 rings (SSSR count). The fourth-order valence-electron chi connectivity index (χ4n) is 1.70. The van der Waals surface area contributed by atoms with Crippen LogP contribution in [-0.2, 0) is 9.84 Å². The average molecular weight is 345 g/mol. The molecule has 0 aliphatic heterocycles. The van der Waals surface area contributed by atoms with E-state index >= 15 is 0 Å². The van der Waals surface area contributed by atoms with Gasteiger partial charge >= 0.3 is 0 Å². The predicted molar refractivity (Wildman–Crippen MR) is 90.2 cm³/mol. The SMILES string of the molecule is CCNC(=NCC(C)Oc1ccc(F)cc1)NCCS(C)(=O)=O. The van der Waals surface area contributed by atoms with Gasteiger partial charge < -0.3 is 15.4 Å². The third-order valence-corrected chi connectivity index (χ3v) is 3.71. The molecule has 2 N–H and O–H groups in total. The molecule has 0 amide bonds. The number of rotatable bonds is 8. The predicted octanol–water partition coefficient (Wildman–Crippen LogP) is 1.19. The van der Waals surface area contributed by atoms with Crippen LogP contribution >= 0.6 is 0 Å². The summed E-state index contributed by atoms with van der Waals surface area (Å²) >= 11 is 0. The fraction of sp³-hybridized carbons (Fsp3) is 0.533. The van der Waals surface area contributed by atoms with Gasteiger partial charge in [0, 0.05) is 19.3 Å². The summed E-state index contributed by atoms with van der Waals surface area (Å²) in [6, 6.07) is 5.79. The van der Waals surface area contributed by atoms with E-state index in [-0.39, 0.29) is 24.2 Å². The van der Waals surface area contributed by atoms with Crippen LogP contribution in [0, 0.1) is 5.82 Å². The minimum Gasteiger partial charge on any atom is -0.489 e. The highest BCUT2D eigenvalue weighted by molar-refractivity contribution is 7.90. The second-order valence-electron chi connectivity index (χ2n) is 5.16. The van der Waals surface area contributed by atoms with Gasteiger partial charge in [0.15, 0.2) is 5.96 Å². The Morgan fingerprint density at radius 1 is 1.30 bits per heavy atom. The van der Waals surface area contributed by atoms with E-state index in [0.717, 1.165) is 0 Å². The molecule has 130 valence electrons. The molecule has 1 unspecified atom stereocenters. The molecule has 1 aromatic rings. The van der Waals surface area contributed by atoms with Gasteiger partial charge in [-0.3, -0.25) is 0 Å². The lowest BCUT2D eigenvalue weighted by atomic mass is 10.3. The third-order valence-electron chi connectivity index (χ3n) is 2.77. The van der Waals surface area contributed by atoms with Gasteiger partial charge in [0.1, 0.15) is 27.5 Å². The van der Waals surface area contributed by atoms with Gasteiger partial charge in [-0.05, 0) is 38.1 Å². The minimum atomic E-state index is -3.01. The van der Waals surface area contributed by atoms with Crippen LogP contribution in [0.4, 0.5) is 4.39 Å². The smallest absolute Gasteiger partial charge is 0.191 e. The molecule has 6 nitrogen and oxygen atoms in total. The van der Waals surface area contributed by atoms with Crippen molar-refractivity contribution in [3.8, 4) is 5.75 Å². The molecule has 8 heteroatoms. The van der Waals surface area contributed by atoms with Crippen molar-refractivity contribution >= 4 is 15.8 Å². The van der Waals surface area contributed by atoms with Crippen LogP contribution in [0.2, 0.25) is 0 Å². The Labute approximate surface area is 137 Å². The summed E-state index contributed by atoms with van der Waals surface area (Å²) in [4.78, 5) is 4.35. The summed E-state index contributed by atoms with van der Waals surface area (Å²) in [5.41, 5.74) is 0. The summed E-state index contributed by atoms with van der Waals surface area (Å²) in [7, 11) is -3.01. The zero-order valence-corrected chi connectivity index (χ0v) is 14.5. The van der Waals surface area contributed by atoms with Crippen LogP contribution in [-0.4, -0.2) is 52.1 Å². The molecule has 0 spiro atoms. The van der Waals surface area contributed by atoms with Gasteiger partial charge in [0.05, 0.1) is 12.3 Å². The van der Waals surface area contributed by atoms with Crippen molar-refractivity contribution in [1.29, 1.82) is 0 Å². The molecule has 1 aromatic carbocycles. The zero-order valence-electron chi connectivity index (χ0n) is 13.7. The summed E-state index contributed by atoms with van der Waals surface area (Å²) in [6.45, 7) is 5.11. The lowest BCUT2D eigenvalue weighted by Gasteiger charge is -2.15. The Bertz CT molecular complexity index is 603. The second kappa shape index (κ2) is 9.34. The Hall–Kier alpha value is -1.83. The van der Waals surface area contributed by atoms with Gasteiger partial charge in [-0.1, -0.05) is 0 Å². The zero-order chi connectivity index (χ0) is 17.3. The number of hydrogen-bond acceptors (Lipinski definition) is 4. The molecule has 0 radical (unpaired) electrons. The summed E-state index contributed by atoms with van der Waals surface area (Å²) in [5, 5.41) is 5.99. The largest absolute Gasteiger partial charge is 0.489 e. The van der Waals surface area contributed by atoms with Crippen molar-refractivity contribution in [1.82, 2.24) is 10.6 Å². The Balaban J connectivity index is 2.49. The van der Waals surface area contributed by atoms with Crippen LogP contribution in [0.1, 0.15) is 13.8 Å². The quantitative estimate of drug-likeness (QED) is 0.547. The first-order valence-corrected chi connectivity index (χ1v) is 9.48. The fourth-order valence-corrected chi connectivity index (χ4v) is 2.17. The number of halogens is 1. The number of nitrogens with one attached hydrogen (secondary N) is 2. The number of aliphatic imine (C=N–C) groups is 1. The van der Waals surface area contributed by atoms with Crippen LogP contribution in [0.15, 0.2) is 29.3 Å². The van der Waals surface area contributed by atoms with Gasteiger partial charge in [-0.2, -0.15) is 0 Å².